The smallest absolute Gasteiger partial charge is 0.251 e. The summed E-state index contributed by atoms with van der Waals surface area (Å²) in [6, 6.07) is 12.7. The molecule has 7 nitrogen and oxygen atoms in total. The summed E-state index contributed by atoms with van der Waals surface area (Å²) < 4.78 is 34.8. The lowest BCUT2D eigenvalue weighted by Crippen LogP contribution is -2.07. The fraction of sp³-hybridized carbons (Fsp3) is 0.200. The van der Waals surface area contributed by atoms with Crippen molar-refractivity contribution >= 4 is 9.84 Å². The number of rotatable bonds is 6. The summed E-state index contributed by atoms with van der Waals surface area (Å²) in [5.41, 5.74) is 0.359. The van der Waals surface area contributed by atoms with Crippen LogP contribution in [-0.4, -0.2) is 30.7 Å². The number of ether oxygens (including phenoxy) is 2. The summed E-state index contributed by atoms with van der Waals surface area (Å²) in [6.45, 7) is 3.81. The number of nitrogens with zero attached hydrogens (tertiary/aromatic N) is 1. The number of hydrogen-bond donors (Lipinski definition) is 1. The second-order valence-corrected chi connectivity index (χ2v) is 8.50. The largest absolute Gasteiger partial charge is 0.491 e. The molecule has 0 radical (unpaired) electrons. The lowest BCUT2D eigenvalue weighted by atomic mass is 10.2. The van der Waals surface area contributed by atoms with E-state index in [9.17, 15) is 13.2 Å². The summed E-state index contributed by atoms with van der Waals surface area (Å²) in [4.78, 5) is 18.7. The van der Waals surface area contributed by atoms with E-state index < -0.39 is 9.84 Å². The van der Waals surface area contributed by atoms with Crippen LogP contribution in [0.15, 0.2) is 64.4 Å². The van der Waals surface area contributed by atoms with Crippen molar-refractivity contribution in [2.75, 3.05) is 6.26 Å². The Hall–Kier alpha value is -3.13. The fourth-order valence-electron chi connectivity index (χ4n) is 2.52. The van der Waals surface area contributed by atoms with Gasteiger partial charge in [0.15, 0.2) is 9.84 Å². The lowest BCUT2D eigenvalue weighted by Gasteiger charge is -2.14. The van der Waals surface area contributed by atoms with E-state index in [4.69, 9.17) is 9.47 Å². The molecule has 0 aliphatic heterocycles. The number of hydrogen-bond acceptors (Lipinski definition) is 6. The molecule has 8 heteroatoms. The summed E-state index contributed by atoms with van der Waals surface area (Å²) in [7, 11) is -3.28. The minimum atomic E-state index is -3.28. The molecule has 0 spiro atoms. The molecule has 28 heavy (non-hydrogen) atoms. The van der Waals surface area contributed by atoms with Crippen molar-refractivity contribution in [1.29, 1.82) is 0 Å². The van der Waals surface area contributed by atoms with Crippen LogP contribution in [0.5, 0.6) is 17.2 Å². The van der Waals surface area contributed by atoms with Crippen LogP contribution in [-0.2, 0) is 9.84 Å². The monoisotopic (exact) mass is 400 g/mol. The molecule has 3 rings (SSSR count). The Labute approximate surface area is 162 Å². The van der Waals surface area contributed by atoms with E-state index in [-0.39, 0.29) is 16.6 Å². The van der Waals surface area contributed by atoms with Crippen molar-refractivity contribution in [3.8, 4) is 28.6 Å². The predicted molar refractivity (Wildman–Crippen MR) is 106 cm³/mol. The van der Waals surface area contributed by atoms with Gasteiger partial charge >= 0.3 is 0 Å². The molecular weight excluding hydrogens is 380 g/mol. The molecule has 0 aliphatic carbocycles. The average molecular weight is 400 g/mol. The lowest BCUT2D eigenvalue weighted by molar-refractivity contribution is 0.241. The zero-order valence-electron chi connectivity index (χ0n) is 15.7. The first-order valence-electron chi connectivity index (χ1n) is 8.56. The van der Waals surface area contributed by atoms with Gasteiger partial charge in [0.2, 0.25) is 0 Å². The first-order valence-corrected chi connectivity index (χ1v) is 10.5. The molecule has 1 heterocycles. The summed E-state index contributed by atoms with van der Waals surface area (Å²) in [5.74, 6) is 1.88. The van der Waals surface area contributed by atoms with Crippen LogP contribution in [0.2, 0.25) is 0 Å². The predicted octanol–water partition coefficient (Wildman–Crippen LogP) is 3.42. The van der Waals surface area contributed by atoms with Crippen LogP contribution < -0.4 is 15.0 Å². The molecule has 0 saturated heterocycles. The SMILES string of the molecule is CC(C)Oc1cc(Oc2ccc(S(C)(=O)=O)cc2)cc(-c2nccc(=O)[nH]2)c1. The maximum atomic E-state index is 11.6. The minimum absolute atomic E-state index is 0.0556. The molecule has 1 N–H and O–H groups in total. The molecule has 3 aromatic rings. The van der Waals surface area contributed by atoms with Crippen molar-refractivity contribution in [1.82, 2.24) is 9.97 Å². The van der Waals surface area contributed by atoms with Crippen LogP contribution in [0.4, 0.5) is 0 Å². The van der Waals surface area contributed by atoms with E-state index in [1.165, 1.54) is 24.4 Å². The van der Waals surface area contributed by atoms with E-state index in [1.54, 1.807) is 30.3 Å². The van der Waals surface area contributed by atoms with Crippen molar-refractivity contribution in [3.63, 3.8) is 0 Å². The highest BCUT2D eigenvalue weighted by Gasteiger charge is 2.11. The third-order valence-electron chi connectivity index (χ3n) is 3.68. The Morgan fingerprint density at radius 2 is 1.64 bits per heavy atom. The average Bonchev–Trinajstić information content (AvgIpc) is 2.60. The maximum Gasteiger partial charge on any atom is 0.251 e. The third kappa shape index (κ3) is 4.98. The maximum absolute atomic E-state index is 11.6. The van der Waals surface area contributed by atoms with Gasteiger partial charge in [0, 0.05) is 30.1 Å². The third-order valence-corrected chi connectivity index (χ3v) is 4.81. The quantitative estimate of drug-likeness (QED) is 0.681. The molecule has 1 aromatic heterocycles. The van der Waals surface area contributed by atoms with E-state index in [0.717, 1.165) is 6.26 Å². The molecule has 0 aliphatic rings. The standard InChI is InChI=1S/C20H20N2O5S/c1-13(2)26-16-10-14(20-21-9-8-19(23)22-20)11-17(12-16)27-15-4-6-18(7-5-15)28(3,24)25/h4-13H,1-3H3,(H,21,22,23). The zero-order chi connectivity index (χ0) is 20.3. The van der Waals surface area contributed by atoms with Gasteiger partial charge < -0.3 is 14.5 Å². The van der Waals surface area contributed by atoms with Crippen LogP contribution in [0, 0.1) is 0 Å². The van der Waals surface area contributed by atoms with Crippen LogP contribution in [0.1, 0.15) is 13.8 Å². The minimum Gasteiger partial charge on any atom is -0.491 e. The number of nitrogens with one attached hydrogen (secondary N) is 1. The second kappa shape index (κ2) is 7.85. The molecule has 0 bridgehead atoms. The van der Waals surface area contributed by atoms with Crippen molar-refractivity contribution in [2.24, 2.45) is 0 Å². The molecule has 0 fully saturated rings. The molecule has 0 amide bonds. The van der Waals surface area contributed by atoms with Gasteiger partial charge in [0.1, 0.15) is 23.1 Å². The summed E-state index contributed by atoms with van der Waals surface area (Å²) in [5, 5.41) is 0. The molecule has 146 valence electrons. The Bertz CT molecular complexity index is 1140. The summed E-state index contributed by atoms with van der Waals surface area (Å²) >= 11 is 0. The highest BCUT2D eigenvalue weighted by atomic mass is 32.2. The number of aromatic nitrogens is 2. The van der Waals surface area contributed by atoms with Gasteiger partial charge in [-0.3, -0.25) is 4.79 Å². The van der Waals surface area contributed by atoms with E-state index in [2.05, 4.69) is 9.97 Å². The summed E-state index contributed by atoms with van der Waals surface area (Å²) in [6.07, 6.45) is 2.52. The first kappa shape index (κ1) is 19.6. The molecule has 2 aromatic carbocycles. The highest BCUT2D eigenvalue weighted by Crippen LogP contribution is 2.31. The molecular formula is C20H20N2O5S. The Kier molecular flexibility index (Phi) is 5.51. The van der Waals surface area contributed by atoms with E-state index in [0.29, 0.717) is 28.6 Å². The van der Waals surface area contributed by atoms with Crippen LogP contribution >= 0.6 is 0 Å². The second-order valence-electron chi connectivity index (χ2n) is 6.49. The van der Waals surface area contributed by atoms with Crippen molar-refractivity contribution in [2.45, 2.75) is 24.8 Å². The van der Waals surface area contributed by atoms with Gasteiger partial charge in [0.05, 0.1) is 11.0 Å². The Morgan fingerprint density at radius 3 is 2.25 bits per heavy atom. The molecule has 0 atom stereocenters. The number of benzene rings is 2. The van der Waals surface area contributed by atoms with Crippen LogP contribution in [0.25, 0.3) is 11.4 Å². The van der Waals surface area contributed by atoms with Crippen molar-refractivity contribution in [3.05, 3.63) is 65.1 Å². The first-order chi connectivity index (χ1) is 13.2. The Morgan fingerprint density at radius 1 is 0.964 bits per heavy atom. The van der Waals surface area contributed by atoms with E-state index >= 15 is 0 Å². The molecule has 0 unspecified atom stereocenters. The van der Waals surface area contributed by atoms with Crippen LogP contribution in [0.3, 0.4) is 0 Å². The topological polar surface area (TPSA) is 98.3 Å². The normalized spacial score (nSPS) is 11.4. The molecule has 0 saturated carbocycles. The highest BCUT2D eigenvalue weighted by molar-refractivity contribution is 7.90. The van der Waals surface area contributed by atoms with Gasteiger partial charge in [0.25, 0.3) is 5.56 Å². The Balaban J connectivity index is 1.97. The zero-order valence-corrected chi connectivity index (χ0v) is 16.5. The van der Waals surface area contributed by atoms with E-state index in [1.807, 2.05) is 13.8 Å². The van der Waals surface area contributed by atoms with Gasteiger partial charge in [-0.05, 0) is 50.2 Å². The van der Waals surface area contributed by atoms with Gasteiger partial charge in [-0.2, -0.15) is 0 Å². The van der Waals surface area contributed by atoms with Gasteiger partial charge in [-0.1, -0.05) is 0 Å². The number of aromatic amines is 1. The van der Waals surface area contributed by atoms with Gasteiger partial charge in [-0.25, -0.2) is 13.4 Å². The van der Waals surface area contributed by atoms with Gasteiger partial charge in [-0.15, -0.1) is 0 Å². The fourth-order valence-corrected chi connectivity index (χ4v) is 3.15. The van der Waals surface area contributed by atoms with Crippen molar-refractivity contribution < 1.29 is 17.9 Å². The number of H-pyrrole nitrogens is 1. The number of sulfone groups is 1.